The number of hydrogen-bond acceptors (Lipinski definition) is 0. The number of rotatable bonds is 3. The van der Waals surface area contributed by atoms with Crippen molar-refractivity contribution in [1.29, 1.82) is 0 Å². The van der Waals surface area contributed by atoms with Crippen LogP contribution in [0.3, 0.4) is 0 Å². The zero-order chi connectivity index (χ0) is 20.7. The van der Waals surface area contributed by atoms with Crippen LogP contribution in [0.1, 0.15) is 22.3 Å². The summed E-state index contributed by atoms with van der Waals surface area (Å²) in [5, 5.41) is 0. The van der Waals surface area contributed by atoms with Crippen molar-refractivity contribution in [2.75, 3.05) is 0 Å². The van der Waals surface area contributed by atoms with Crippen LogP contribution in [0.5, 0.6) is 0 Å². The van der Waals surface area contributed by atoms with E-state index in [1.165, 1.54) is 44.5 Å². The molecule has 1 radical (unpaired) electrons. The van der Waals surface area contributed by atoms with Gasteiger partial charge in [-0.05, 0) is 62.7 Å². The Morgan fingerprint density at radius 2 is 1.10 bits per heavy atom. The zero-order valence-corrected chi connectivity index (χ0v) is 17.1. The fraction of sp³-hybridized carbons (Fsp3) is 0.0323. The van der Waals surface area contributed by atoms with Gasteiger partial charge in [0.05, 0.1) is 5.41 Å². The molecule has 145 valence electrons. The van der Waals surface area contributed by atoms with Gasteiger partial charge in [0.1, 0.15) is 0 Å². The van der Waals surface area contributed by atoms with E-state index in [0.717, 1.165) is 0 Å². The largest absolute Gasteiger partial charge is 0.0713 e. The molecule has 0 amide bonds. The lowest BCUT2D eigenvalue weighted by molar-refractivity contribution is 0.769. The Labute approximate surface area is 183 Å². The van der Waals surface area contributed by atoms with E-state index in [2.05, 4.69) is 127 Å². The monoisotopic (exact) mass is 393 g/mol. The lowest BCUT2D eigenvalue weighted by Crippen LogP contribution is -2.28. The molecule has 0 saturated heterocycles. The summed E-state index contributed by atoms with van der Waals surface area (Å²) in [6, 6.07) is 49.1. The van der Waals surface area contributed by atoms with Gasteiger partial charge in [-0.1, -0.05) is 115 Å². The fourth-order valence-electron chi connectivity index (χ4n) is 5.22. The normalized spacial score (nSPS) is 13.4. The van der Waals surface area contributed by atoms with Gasteiger partial charge in [0.15, 0.2) is 0 Å². The maximum absolute atomic E-state index is 3.22. The Kier molecular flexibility index (Phi) is 4.11. The van der Waals surface area contributed by atoms with Crippen LogP contribution in [-0.4, -0.2) is 0 Å². The van der Waals surface area contributed by atoms with Crippen LogP contribution in [0.25, 0.3) is 22.3 Å². The van der Waals surface area contributed by atoms with Crippen LogP contribution in [0.15, 0.2) is 127 Å². The summed E-state index contributed by atoms with van der Waals surface area (Å²) in [5.41, 5.74) is 9.97. The van der Waals surface area contributed by atoms with Crippen molar-refractivity contribution in [3.63, 3.8) is 0 Å². The van der Waals surface area contributed by atoms with Gasteiger partial charge in [-0.15, -0.1) is 0 Å². The molecule has 0 bridgehead atoms. The van der Waals surface area contributed by atoms with E-state index >= 15 is 0 Å². The van der Waals surface area contributed by atoms with Crippen LogP contribution in [0.2, 0.25) is 0 Å². The van der Waals surface area contributed by atoms with E-state index in [1.807, 2.05) is 6.07 Å². The van der Waals surface area contributed by atoms with Crippen LogP contribution in [0, 0.1) is 6.07 Å². The average molecular weight is 394 g/mol. The van der Waals surface area contributed by atoms with E-state index in [1.54, 1.807) is 0 Å². The zero-order valence-electron chi connectivity index (χ0n) is 17.1. The molecule has 1 aliphatic rings. The third kappa shape index (κ3) is 2.62. The highest BCUT2D eigenvalue weighted by atomic mass is 14.5. The molecule has 0 heteroatoms. The van der Waals surface area contributed by atoms with Crippen molar-refractivity contribution in [3.05, 3.63) is 156 Å². The predicted molar refractivity (Wildman–Crippen MR) is 128 cm³/mol. The van der Waals surface area contributed by atoms with Gasteiger partial charge in [0.2, 0.25) is 0 Å². The molecule has 0 nitrogen and oxygen atoms in total. The standard InChI is InChI=1S/C31H21/c1-3-12-23(13-4-1)24-14-11-17-26(22-24)31(25-15-5-2-6-16-25)29-20-9-7-18-27(29)28-19-8-10-21-30(28)31/h1-3,5-22H. The van der Waals surface area contributed by atoms with Crippen molar-refractivity contribution in [3.8, 4) is 22.3 Å². The molecule has 5 aromatic carbocycles. The highest BCUT2D eigenvalue weighted by Gasteiger charge is 2.45. The molecular weight excluding hydrogens is 372 g/mol. The number of benzene rings is 5. The summed E-state index contributed by atoms with van der Waals surface area (Å²) in [6.07, 6.45) is 0. The Bertz CT molecular complexity index is 1320. The van der Waals surface area contributed by atoms with Crippen molar-refractivity contribution in [2.24, 2.45) is 0 Å². The van der Waals surface area contributed by atoms with Crippen molar-refractivity contribution in [1.82, 2.24) is 0 Å². The average Bonchev–Trinajstić information content (AvgIpc) is 3.17. The third-order valence-corrected chi connectivity index (χ3v) is 6.50. The quantitative estimate of drug-likeness (QED) is 0.292. The minimum atomic E-state index is -0.344. The Morgan fingerprint density at radius 3 is 1.77 bits per heavy atom. The molecule has 6 rings (SSSR count). The summed E-state index contributed by atoms with van der Waals surface area (Å²) in [6.45, 7) is 0. The fourth-order valence-corrected chi connectivity index (χ4v) is 5.22. The molecule has 0 aliphatic heterocycles. The molecule has 5 aromatic rings. The van der Waals surface area contributed by atoms with E-state index in [4.69, 9.17) is 0 Å². The lowest BCUT2D eigenvalue weighted by Gasteiger charge is -2.34. The van der Waals surface area contributed by atoms with Crippen LogP contribution < -0.4 is 0 Å². The summed E-state index contributed by atoms with van der Waals surface area (Å²) in [7, 11) is 0. The molecule has 0 heterocycles. The highest BCUT2D eigenvalue weighted by molar-refractivity contribution is 5.86. The molecule has 1 aliphatic carbocycles. The molecule has 0 N–H and O–H groups in total. The van der Waals surface area contributed by atoms with Gasteiger partial charge in [-0.2, -0.15) is 0 Å². The molecule has 0 fully saturated rings. The molecule has 0 spiro atoms. The predicted octanol–water partition coefficient (Wildman–Crippen LogP) is 7.52. The Balaban J connectivity index is 1.72. The van der Waals surface area contributed by atoms with Crippen LogP contribution in [0.4, 0.5) is 0 Å². The van der Waals surface area contributed by atoms with E-state index < -0.39 is 0 Å². The minimum Gasteiger partial charge on any atom is -0.0622 e. The van der Waals surface area contributed by atoms with Gasteiger partial charge in [0.25, 0.3) is 0 Å². The van der Waals surface area contributed by atoms with Gasteiger partial charge < -0.3 is 0 Å². The Hall–Kier alpha value is -3.90. The summed E-state index contributed by atoms with van der Waals surface area (Å²) < 4.78 is 0. The molecule has 0 saturated carbocycles. The molecule has 31 heavy (non-hydrogen) atoms. The maximum Gasteiger partial charge on any atom is 0.0713 e. The summed E-state index contributed by atoms with van der Waals surface area (Å²) >= 11 is 0. The smallest absolute Gasteiger partial charge is 0.0622 e. The molecule has 0 aromatic heterocycles. The highest BCUT2D eigenvalue weighted by Crippen LogP contribution is 2.56. The molecule has 0 unspecified atom stereocenters. The van der Waals surface area contributed by atoms with Crippen molar-refractivity contribution in [2.45, 2.75) is 5.41 Å². The third-order valence-electron chi connectivity index (χ3n) is 6.50. The van der Waals surface area contributed by atoms with Crippen LogP contribution >= 0.6 is 0 Å². The molecule has 0 atom stereocenters. The van der Waals surface area contributed by atoms with Gasteiger partial charge in [0, 0.05) is 0 Å². The van der Waals surface area contributed by atoms with Crippen molar-refractivity contribution >= 4 is 0 Å². The van der Waals surface area contributed by atoms with E-state index in [0.29, 0.717) is 0 Å². The summed E-state index contributed by atoms with van der Waals surface area (Å²) in [5.74, 6) is 0. The van der Waals surface area contributed by atoms with E-state index in [9.17, 15) is 0 Å². The first-order valence-corrected chi connectivity index (χ1v) is 10.7. The second-order valence-corrected chi connectivity index (χ2v) is 8.08. The van der Waals surface area contributed by atoms with Gasteiger partial charge in [-0.3, -0.25) is 0 Å². The first-order chi connectivity index (χ1) is 15.4. The minimum absolute atomic E-state index is 0.344. The first-order valence-electron chi connectivity index (χ1n) is 10.7. The van der Waals surface area contributed by atoms with E-state index in [-0.39, 0.29) is 5.41 Å². The van der Waals surface area contributed by atoms with Gasteiger partial charge in [-0.25, -0.2) is 0 Å². The summed E-state index contributed by atoms with van der Waals surface area (Å²) in [4.78, 5) is 0. The van der Waals surface area contributed by atoms with Crippen LogP contribution in [-0.2, 0) is 5.41 Å². The second-order valence-electron chi connectivity index (χ2n) is 8.08. The van der Waals surface area contributed by atoms with Gasteiger partial charge >= 0.3 is 0 Å². The maximum atomic E-state index is 3.22. The second kappa shape index (κ2) is 7.11. The topological polar surface area (TPSA) is 0 Å². The Morgan fingerprint density at radius 1 is 0.484 bits per heavy atom. The lowest BCUT2D eigenvalue weighted by atomic mass is 9.67. The number of hydrogen-bond donors (Lipinski definition) is 0. The number of fused-ring (bicyclic) bond motifs is 3. The van der Waals surface area contributed by atoms with Crippen molar-refractivity contribution < 1.29 is 0 Å². The first kappa shape index (κ1) is 17.9. The SMILES string of the molecule is [c]1cccc(-c2cccc(C3(c4ccccc4)c4ccccc4-c4ccccc43)c2)c1. The molecular formula is C31H21.